The number of hydrogen-bond donors (Lipinski definition) is 1. The Bertz CT molecular complexity index is 1230. The number of non-ortho nitro benzene ring substituents is 1. The third kappa shape index (κ3) is 5.30. The summed E-state index contributed by atoms with van der Waals surface area (Å²) in [5.74, 6) is 1.85. The number of ether oxygens (including phenoxy) is 3. The van der Waals surface area contributed by atoms with E-state index in [-0.39, 0.29) is 18.3 Å². The molecule has 1 N–H and O–H groups in total. The zero-order chi connectivity index (χ0) is 24.9. The average Bonchev–Trinajstić information content (AvgIpc) is 2.87. The van der Waals surface area contributed by atoms with Gasteiger partial charge in [0.1, 0.15) is 12.4 Å². The van der Waals surface area contributed by atoms with Crippen molar-refractivity contribution in [3.63, 3.8) is 0 Å². The number of rotatable bonds is 7. The first kappa shape index (κ1) is 24.3. The quantitative estimate of drug-likeness (QED) is 0.270. The number of anilines is 1. The van der Waals surface area contributed by atoms with Crippen molar-refractivity contribution in [2.24, 2.45) is 0 Å². The highest BCUT2D eigenvalue weighted by Crippen LogP contribution is 2.39. The predicted octanol–water partition coefficient (Wildman–Crippen LogP) is 5.30. The molecule has 0 saturated heterocycles. The second-order valence-electron chi connectivity index (χ2n) is 8.17. The number of para-hydroxylation sites is 1. The molecule has 1 aliphatic heterocycles. The van der Waals surface area contributed by atoms with Crippen LogP contribution in [0, 0.1) is 17.0 Å². The third-order valence-corrected chi connectivity index (χ3v) is 6.44. The minimum absolute atomic E-state index is 0.0161. The SMILES string of the molecule is COc1cc2c(cc1OC)[C@@H](COc1ccc([N+](=O)[O-])cc1)N(C(=S)Nc1ccccc1C)CC2. The molecule has 1 aliphatic rings. The first-order chi connectivity index (χ1) is 16.9. The molecular formula is C26H27N3O5S. The Labute approximate surface area is 209 Å². The monoisotopic (exact) mass is 493 g/mol. The van der Waals surface area contributed by atoms with Crippen LogP contribution in [0.5, 0.6) is 17.2 Å². The molecule has 0 bridgehead atoms. The maximum Gasteiger partial charge on any atom is 0.269 e. The first-order valence-electron chi connectivity index (χ1n) is 11.2. The Morgan fingerprint density at radius 2 is 1.80 bits per heavy atom. The van der Waals surface area contributed by atoms with E-state index in [1.54, 1.807) is 26.4 Å². The van der Waals surface area contributed by atoms with Crippen molar-refractivity contribution in [1.29, 1.82) is 0 Å². The van der Waals surface area contributed by atoms with Crippen LogP contribution in [0.15, 0.2) is 60.7 Å². The van der Waals surface area contributed by atoms with Gasteiger partial charge in [0.15, 0.2) is 16.6 Å². The zero-order valence-corrected chi connectivity index (χ0v) is 20.6. The van der Waals surface area contributed by atoms with Crippen molar-refractivity contribution in [3.05, 3.63) is 87.5 Å². The van der Waals surface area contributed by atoms with Crippen molar-refractivity contribution >= 4 is 28.7 Å². The van der Waals surface area contributed by atoms with Crippen LogP contribution < -0.4 is 19.5 Å². The zero-order valence-electron chi connectivity index (χ0n) is 19.8. The Balaban J connectivity index is 1.64. The fraction of sp³-hybridized carbons (Fsp3) is 0.269. The number of nitro groups is 1. The summed E-state index contributed by atoms with van der Waals surface area (Å²) in [4.78, 5) is 12.7. The van der Waals surface area contributed by atoms with Gasteiger partial charge >= 0.3 is 0 Å². The normalized spacial score (nSPS) is 14.6. The van der Waals surface area contributed by atoms with E-state index in [9.17, 15) is 10.1 Å². The Kier molecular flexibility index (Phi) is 7.36. The summed E-state index contributed by atoms with van der Waals surface area (Å²) in [7, 11) is 3.23. The molecule has 0 fully saturated rings. The number of hydrogen-bond acceptors (Lipinski definition) is 6. The molecular weight excluding hydrogens is 466 g/mol. The Hall–Kier alpha value is -3.85. The summed E-state index contributed by atoms with van der Waals surface area (Å²) < 4.78 is 17.2. The molecule has 0 aromatic heterocycles. The molecule has 0 unspecified atom stereocenters. The third-order valence-electron chi connectivity index (χ3n) is 6.11. The number of nitrogens with one attached hydrogen (secondary N) is 1. The van der Waals surface area contributed by atoms with Crippen LogP contribution in [0.4, 0.5) is 11.4 Å². The van der Waals surface area contributed by atoms with Crippen molar-refractivity contribution in [2.75, 3.05) is 32.7 Å². The van der Waals surface area contributed by atoms with Gasteiger partial charge in [-0.1, -0.05) is 18.2 Å². The highest BCUT2D eigenvalue weighted by molar-refractivity contribution is 7.80. The molecule has 35 heavy (non-hydrogen) atoms. The minimum Gasteiger partial charge on any atom is -0.493 e. The summed E-state index contributed by atoms with van der Waals surface area (Å²) >= 11 is 5.84. The van der Waals surface area contributed by atoms with E-state index >= 15 is 0 Å². The summed E-state index contributed by atoms with van der Waals surface area (Å²) in [6, 6.07) is 17.8. The number of nitro benzene ring substituents is 1. The van der Waals surface area contributed by atoms with Gasteiger partial charge in [0.05, 0.1) is 25.2 Å². The van der Waals surface area contributed by atoms with Crippen LogP contribution in [0.2, 0.25) is 0 Å². The molecule has 1 atom stereocenters. The second-order valence-corrected chi connectivity index (χ2v) is 8.56. The fourth-order valence-electron chi connectivity index (χ4n) is 4.19. The van der Waals surface area contributed by atoms with Gasteiger partial charge in [-0.2, -0.15) is 0 Å². The van der Waals surface area contributed by atoms with Crippen molar-refractivity contribution in [2.45, 2.75) is 19.4 Å². The molecule has 0 spiro atoms. The number of nitrogens with zero attached hydrogens (tertiary/aromatic N) is 2. The molecule has 3 aromatic carbocycles. The summed E-state index contributed by atoms with van der Waals surface area (Å²) in [5, 5.41) is 14.9. The molecule has 0 aliphatic carbocycles. The van der Waals surface area contributed by atoms with Crippen LogP contribution in [0.3, 0.4) is 0 Å². The number of benzene rings is 3. The summed E-state index contributed by atoms with van der Waals surface area (Å²) in [6.45, 7) is 3.01. The number of thiocarbonyl (C=S) groups is 1. The molecule has 4 rings (SSSR count). The summed E-state index contributed by atoms with van der Waals surface area (Å²) in [5.41, 5.74) is 4.23. The van der Waals surface area contributed by atoms with Crippen molar-refractivity contribution in [3.8, 4) is 17.2 Å². The van der Waals surface area contributed by atoms with E-state index in [0.717, 1.165) is 28.8 Å². The van der Waals surface area contributed by atoms with Gasteiger partial charge in [-0.15, -0.1) is 0 Å². The lowest BCUT2D eigenvalue weighted by Crippen LogP contribution is -2.44. The lowest BCUT2D eigenvalue weighted by atomic mass is 9.92. The lowest BCUT2D eigenvalue weighted by Gasteiger charge is -2.39. The van der Waals surface area contributed by atoms with Gasteiger partial charge in [-0.25, -0.2) is 0 Å². The van der Waals surface area contributed by atoms with E-state index < -0.39 is 4.92 Å². The van der Waals surface area contributed by atoms with Crippen LogP contribution in [0.25, 0.3) is 0 Å². The minimum atomic E-state index is -0.432. The second kappa shape index (κ2) is 10.6. The van der Waals surface area contributed by atoms with Gasteiger partial charge in [-0.3, -0.25) is 10.1 Å². The highest BCUT2D eigenvalue weighted by Gasteiger charge is 2.31. The molecule has 9 heteroatoms. The molecule has 0 saturated carbocycles. The maximum atomic E-state index is 11.0. The average molecular weight is 494 g/mol. The molecule has 8 nitrogen and oxygen atoms in total. The highest BCUT2D eigenvalue weighted by atomic mass is 32.1. The van der Waals surface area contributed by atoms with Crippen LogP contribution in [0.1, 0.15) is 22.7 Å². The Morgan fingerprint density at radius 3 is 2.46 bits per heavy atom. The van der Waals surface area contributed by atoms with E-state index in [4.69, 9.17) is 26.4 Å². The molecule has 0 amide bonds. The van der Waals surface area contributed by atoms with E-state index in [0.29, 0.717) is 28.9 Å². The molecule has 182 valence electrons. The van der Waals surface area contributed by atoms with Gasteiger partial charge < -0.3 is 24.4 Å². The lowest BCUT2D eigenvalue weighted by molar-refractivity contribution is -0.384. The Morgan fingerprint density at radius 1 is 1.11 bits per heavy atom. The van der Waals surface area contributed by atoms with Gasteiger partial charge in [0.25, 0.3) is 5.69 Å². The molecule has 0 radical (unpaired) electrons. The topological polar surface area (TPSA) is 86.1 Å². The van der Waals surface area contributed by atoms with Crippen LogP contribution in [-0.4, -0.2) is 42.3 Å². The summed E-state index contributed by atoms with van der Waals surface area (Å²) in [6.07, 6.45) is 0.777. The largest absolute Gasteiger partial charge is 0.493 e. The van der Waals surface area contributed by atoms with Gasteiger partial charge in [0.2, 0.25) is 0 Å². The smallest absolute Gasteiger partial charge is 0.269 e. The van der Waals surface area contributed by atoms with Gasteiger partial charge in [0, 0.05) is 24.4 Å². The standard InChI is InChI=1S/C26H27N3O5S/c1-17-6-4-5-7-22(17)27-26(35)28-13-12-18-14-24(32-2)25(33-3)15-21(18)23(28)16-34-20-10-8-19(9-11-20)29(30)31/h4-11,14-15,23H,12-13,16H2,1-3H3,(H,27,35)/t23-/m1/s1. The first-order valence-corrected chi connectivity index (χ1v) is 11.6. The predicted molar refractivity (Wildman–Crippen MR) is 139 cm³/mol. The van der Waals surface area contributed by atoms with E-state index in [2.05, 4.69) is 10.2 Å². The van der Waals surface area contributed by atoms with Crippen LogP contribution >= 0.6 is 12.2 Å². The fourth-order valence-corrected chi connectivity index (χ4v) is 4.52. The van der Waals surface area contributed by atoms with Crippen molar-refractivity contribution < 1.29 is 19.1 Å². The van der Waals surface area contributed by atoms with Crippen molar-refractivity contribution in [1.82, 2.24) is 4.90 Å². The molecule has 3 aromatic rings. The number of methoxy groups -OCH3 is 2. The molecule has 1 heterocycles. The van der Waals surface area contributed by atoms with E-state index in [1.165, 1.54) is 12.1 Å². The number of aryl methyl sites for hydroxylation is 1. The van der Waals surface area contributed by atoms with Gasteiger partial charge in [-0.05, 0) is 72.6 Å². The van der Waals surface area contributed by atoms with E-state index in [1.807, 2.05) is 43.3 Å². The van der Waals surface area contributed by atoms with Crippen LogP contribution in [-0.2, 0) is 6.42 Å². The maximum absolute atomic E-state index is 11.0. The number of fused-ring (bicyclic) bond motifs is 1.